The molecule has 1 aromatic carbocycles. The molecule has 0 aliphatic heterocycles. The second kappa shape index (κ2) is 4.45. The van der Waals surface area contributed by atoms with Crippen molar-refractivity contribution >= 4 is 11.7 Å². The van der Waals surface area contributed by atoms with Crippen molar-refractivity contribution in [3.8, 4) is 0 Å². The highest BCUT2D eigenvalue weighted by Crippen LogP contribution is 2.61. The smallest absolute Gasteiger partial charge is 0.229 e. The third-order valence-electron chi connectivity index (χ3n) is 5.53. The van der Waals surface area contributed by atoms with Crippen LogP contribution >= 0.6 is 0 Å². The first kappa shape index (κ1) is 12.4. The van der Waals surface area contributed by atoms with E-state index in [-0.39, 0.29) is 11.8 Å². The van der Waals surface area contributed by atoms with Crippen LogP contribution in [0.25, 0.3) is 0 Å². The second-order valence-electron chi connectivity index (χ2n) is 6.75. The zero-order chi connectivity index (χ0) is 14.7. The minimum atomic E-state index is 0.117. The van der Waals surface area contributed by atoms with Gasteiger partial charge in [-0.25, -0.2) is 0 Å². The zero-order valence-corrected chi connectivity index (χ0v) is 12.3. The van der Waals surface area contributed by atoms with Gasteiger partial charge in [0.25, 0.3) is 0 Å². The molecule has 1 saturated carbocycles. The molecule has 3 aliphatic rings. The lowest BCUT2D eigenvalue weighted by Crippen LogP contribution is -2.18. The van der Waals surface area contributed by atoms with Crippen molar-refractivity contribution in [3.05, 3.63) is 46.7 Å². The third-order valence-corrected chi connectivity index (χ3v) is 5.53. The van der Waals surface area contributed by atoms with Crippen LogP contribution in [0.4, 0.5) is 5.82 Å². The average molecular weight is 294 g/mol. The molecule has 112 valence electrons. The van der Waals surface area contributed by atoms with Crippen molar-refractivity contribution < 1.29 is 9.32 Å². The van der Waals surface area contributed by atoms with Crippen LogP contribution in [-0.2, 0) is 24.1 Å². The van der Waals surface area contributed by atoms with E-state index >= 15 is 0 Å². The molecule has 4 nitrogen and oxygen atoms in total. The van der Waals surface area contributed by atoms with Crippen LogP contribution in [0.15, 0.2) is 28.8 Å². The third kappa shape index (κ3) is 1.70. The standard InChI is InChI=1S/C18H18N2O2/c21-18(19-17-12-7-3-4-8-14(12)22-20-17)16-13-9-10-5-1-2-6-11(10)15(13)16/h1-2,5-6,13,15-16H,3-4,7-9H2,(H,19,20,21). The van der Waals surface area contributed by atoms with Crippen molar-refractivity contribution in [1.82, 2.24) is 5.16 Å². The van der Waals surface area contributed by atoms with Crippen molar-refractivity contribution in [2.24, 2.45) is 11.8 Å². The highest BCUT2D eigenvalue weighted by Gasteiger charge is 2.59. The number of nitrogens with zero attached hydrogens (tertiary/aromatic N) is 1. The van der Waals surface area contributed by atoms with Crippen LogP contribution in [0.5, 0.6) is 0 Å². The molecule has 1 N–H and O–H groups in total. The fraction of sp³-hybridized carbons (Fsp3) is 0.444. The number of nitrogens with one attached hydrogen (secondary N) is 1. The lowest BCUT2D eigenvalue weighted by atomic mass is 9.98. The van der Waals surface area contributed by atoms with Gasteiger partial charge in [0.05, 0.1) is 0 Å². The van der Waals surface area contributed by atoms with E-state index in [1.165, 1.54) is 11.1 Å². The first-order valence-electron chi connectivity index (χ1n) is 8.19. The SMILES string of the molecule is O=C(Nc1noc2c1CCCC2)C1C2Cc3ccccc3C21. The number of hydrogen-bond donors (Lipinski definition) is 1. The van der Waals surface area contributed by atoms with Gasteiger partial charge >= 0.3 is 0 Å². The Kier molecular flexibility index (Phi) is 2.52. The Morgan fingerprint density at radius 2 is 2.09 bits per heavy atom. The number of aryl methyl sites for hydroxylation is 1. The number of hydrogen-bond acceptors (Lipinski definition) is 3. The first-order valence-corrected chi connectivity index (χ1v) is 8.19. The van der Waals surface area contributed by atoms with Crippen LogP contribution in [0.2, 0.25) is 0 Å². The van der Waals surface area contributed by atoms with Gasteiger partial charge in [-0.05, 0) is 48.6 Å². The summed E-state index contributed by atoms with van der Waals surface area (Å²) in [6, 6.07) is 8.51. The molecule has 1 fully saturated rings. The van der Waals surface area contributed by atoms with Gasteiger partial charge < -0.3 is 9.84 Å². The normalized spacial score (nSPS) is 27.7. The number of carbonyl (C=O) groups is 1. The molecule has 5 rings (SSSR count). The molecule has 1 aromatic heterocycles. The van der Waals surface area contributed by atoms with Crippen LogP contribution in [-0.4, -0.2) is 11.1 Å². The quantitative estimate of drug-likeness (QED) is 0.926. The number of anilines is 1. The summed E-state index contributed by atoms with van der Waals surface area (Å²) >= 11 is 0. The van der Waals surface area contributed by atoms with Crippen molar-refractivity contribution in [2.75, 3.05) is 5.32 Å². The summed E-state index contributed by atoms with van der Waals surface area (Å²) in [5.74, 6) is 2.76. The summed E-state index contributed by atoms with van der Waals surface area (Å²) in [6.45, 7) is 0. The maximum Gasteiger partial charge on any atom is 0.229 e. The maximum absolute atomic E-state index is 12.6. The van der Waals surface area contributed by atoms with Crippen molar-refractivity contribution in [3.63, 3.8) is 0 Å². The molecule has 3 atom stereocenters. The first-order chi connectivity index (χ1) is 10.8. The molecule has 1 heterocycles. The van der Waals surface area contributed by atoms with Gasteiger partial charge in [-0.3, -0.25) is 4.79 Å². The molecule has 3 unspecified atom stereocenters. The topological polar surface area (TPSA) is 55.1 Å². The van der Waals surface area contributed by atoms with E-state index < -0.39 is 0 Å². The molecule has 0 spiro atoms. The summed E-state index contributed by atoms with van der Waals surface area (Å²) < 4.78 is 5.37. The summed E-state index contributed by atoms with van der Waals surface area (Å²) in [7, 11) is 0. The molecular formula is C18H18N2O2. The Hall–Kier alpha value is -2.10. The van der Waals surface area contributed by atoms with Gasteiger partial charge in [0.15, 0.2) is 5.82 Å². The van der Waals surface area contributed by atoms with E-state index in [9.17, 15) is 4.79 Å². The van der Waals surface area contributed by atoms with E-state index in [2.05, 4.69) is 34.7 Å². The van der Waals surface area contributed by atoms with Crippen molar-refractivity contribution in [1.29, 1.82) is 0 Å². The fourth-order valence-electron chi connectivity index (χ4n) is 4.39. The number of fused-ring (bicyclic) bond motifs is 4. The van der Waals surface area contributed by atoms with Crippen LogP contribution in [0.3, 0.4) is 0 Å². The monoisotopic (exact) mass is 294 g/mol. The van der Waals surface area contributed by atoms with E-state index in [1.807, 2.05) is 0 Å². The number of rotatable bonds is 2. The van der Waals surface area contributed by atoms with E-state index in [1.54, 1.807) is 0 Å². The van der Waals surface area contributed by atoms with E-state index in [0.29, 0.717) is 17.7 Å². The molecular weight excluding hydrogens is 276 g/mol. The van der Waals surface area contributed by atoms with Crippen molar-refractivity contribution in [2.45, 2.75) is 38.0 Å². The lowest BCUT2D eigenvalue weighted by Gasteiger charge is -2.10. The Morgan fingerprint density at radius 3 is 3.05 bits per heavy atom. The minimum absolute atomic E-state index is 0.117. The van der Waals surface area contributed by atoms with Gasteiger partial charge in [0.2, 0.25) is 5.91 Å². The lowest BCUT2D eigenvalue weighted by molar-refractivity contribution is -0.117. The Morgan fingerprint density at radius 1 is 1.23 bits per heavy atom. The van der Waals surface area contributed by atoms with Gasteiger partial charge in [0.1, 0.15) is 5.76 Å². The summed E-state index contributed by atoms with van der Waals surface area (Å²) in [6.07, 6.45) is 5.25. The number of carbonyl (C=O) groups excluding carboxylic acids is 1. The molecule has 0 saturated heterocycles. The molecule has 4 heteroatoms. The molecule has 1 amide bonds. The number of benzene rings is 1. The fourth-order valence-corrected chi connectivity index (χ4v) is 4.39. The maximum atomic E-state index is 12.6. The summed E-state index contributed by atoms with van der Waals surface area (Å²) in [5, 5.41) is 7.11. The van der Waals surface area contributed by atoms with E-state index in [4.69, 9.17) is 4.52 Å². The Labute approximate surface area is 128 Å². The summed E-state index contributed by atoms with van der Waals surface area (Å²) in [4.78, 5) is 12.6. The largest absolute Gasteiger partial charge is 0.359 e. The minimum Gasteiger partial charge on any atom is -0.359 e. The average Bonchev–Trinajstić information content (AvgIpc) is 2.93. The molecule has 0 radical (unpaired) electrons. The molecule has 2 aromatic rings. The van der Waals surface area contributed by atoms with Gasteiger partial charge in [-0.1, -0.05) is 29.4 Å². The second-order valence-corrected chi connectivity index (χ2v) is 6.75. The zero-order valence-electron chi connectivity index (χ0n) is 12.3. The van der Waals surface area contributed by atoms with Crippen LogP contribution in [0, 0.1) is 11.8 Å². The van der Waals surface area contributed by atoms with Gasteiger partial charge in [-0.2, -0.15) is 0 Å². The molecule has 0 bridgehead atoms. The molecule has 3 aliphatic carbocycles. The summed E-state index contributed by atoms with van der Waals surface area (Å²) in [5.41, 5.74) is 3.90. The highest BCUT2D eigenvalue weighted by atomic mass is 16.5. The predicted molar refractivity (Wildman–Crippen MR) is 81.6 cm³/mol. The number of aromatic nitrogens is 1. The van der Waals surface area contributed by atoms with Crippen LogP contribution in [0.1, 0.15) is 41.2 Å². The Bertz CT molecular complexity index is 764. The highest BCUT2D eigenvalue weighted by molar-refractivity contribution is 5.96. The van der Waals surface area contributed by atoms with Gasteiger partial charge in [-0.15, -0.1) is 0 Å². The Balaban J connectivity index is 1.35. The predicted octanol–water partition coefficient (Wildman–Crippen LogP) is 3.08. The van der Waals surface area contributed by atoms with Crippen LogP contribution < -0.4 is 5.32 Å². The number of amides is 1. The van der Waals surface area contributed by atoms with Gasteiger partial charge in [0, 0.05) is 17.9 Å². The molecule has 22 heavy (non-hydrogen) atoms. The van der Waals surface area contributed by atoms with E-state index in [0.717, 1.165) is 43.4 Å².